The second-order valence-corrected chi connectivity index (χ2v) is 10.1. The van der Waals surface area contributed by atoms with Gasteiger partial charge >= 0.3 is 0 Å². The van der Waals surface area contributed by atoms with Crippen molar-refractivity contribution >= 4 is 33.0 Å². The smallest absolute Gasteiger partial charge is 0.243 e. The van der Waals surface area contributed by atoms with Gasteiger partial charge in [-0.2, -0.15) is 20.6 Å². The van der Waals surface area contributed by atoms with E-state index < -0.39 is 10.0 Å². The average Bonchev–Trinajstić information content (AvgIpc) is 3.36. The van der Waals surface area contributed by atoms with Crippen LogP contribution in [0.3, 0.4) is 0 Å². The van der Waals surface area contributed by atoms with E-state index in [2.05, 4.69) is 10.1 Å². The van der Waals surface area contributed by atoms with Crippen LogP contribution in [-0.2, 0) is 16.4 Å². The molecule has 3 aromatic rings. The highest BCUT2D eigenvalue weighted by Crippen LogP contribution is 2.30. The molecule has 3 heterocycles. The Hall–Kier alpha value is -1.74. The summed E-state index contributed by atoms with van der Waals surface area (Å²) in [6.07, 6.45) is 2.30. The summed E-state index contributed by atoms with van der Waals surface area (Å²) in [5.74, 6) is 1.26. The number of hydrogen-bond donors (Lipinski definition) is 0. The molecule has 1 fully saturated rings. The van der Waals surface area contributed by atoms with Crippen molar-refractivity contribution in [1.82, 2.24) is 14.4 Å². The van der Waals surface area contributed by atoms with Gasteiger partial charge in [0.15, 0.2) is 0 Å². The molecule has 2 aromatic heterocycles. The van der Waals surface area contributed by atoms with E-state index in [1.807, 2.05) is 16.8 Å². The third kappa shape index (κ3) is 3.87. The fourth-order valence-electron chi connectivity index (χ4n) is 3.51. The molecule has 9 heteroatoms. The number of hydrogen-bond acceptors (Lipinski definition) is 6. The second kappa shape index (κ2) is 7.94. The molecule has 0 saturated carbocycles. The monoisotopic (exact) mass is 437 g/mol. The molecule has 1 aromatic carbocycles. The molecule has 0 radical (unpaired) electrons. The Balaban J connectivity index is 1.49. The molecule has 0 unspecified atom stereocenters. The first-order valence-corrected chi connectivity index (χ1v) is 11.8. The molecule has 1 aliphatic heterocycles. The normalized spacial score (nSPS) is 18.4. The predicted molar refractivity (Wildman–Crippen MR) is 109 cm³/mol. The van der Waals surface area contributed by atoms with E-state index in [1.54, 1.807) is 40.8 Å². The Morgan fingerprint density at radius 2 is 2.21 bits per heavy atom. The molecule has 1 aliphatic rings. The Bertz CT molecular complexity index is 1060. The van der Waals surface area contributed by atoms with Gasteiger partial charge in [0.05, 0.1) is 4.90 Å². The highest BCUT2D eigenvalue weighted by molar-refractivity contribution is 7.89. The standard InChI is InChI=1S/C19H20ClN3O3S2/c1-13-16(20)5-2-6-17(13)28(24,25)23-8-3-4-14(11-23)10-18-21-19(22-26-18)15-7-9-27-12-15/h2,5-7,9,12,14H,3-4,8,10-11H2,1H3/t14-/m1/s1. The number of benzene rings is 1. The summed E-state index contributed by atoms with van der Waals surface area (Å²) in [6, 6.07) is 6.94. The van der Waals surface area contributed by atoms with Gasteiger partial charge in [0.1, 0.15) is 0 Å². The van der Waals surface area contributed by atoms with Crippen LogP contribution < -0.4 is 0 Å². The predicted octanol–water partition coefficient (Wildman–Crippen LogP) is 4.40. The van der Waals surface area contributed by atoms with Gasteiger partial charge in [0.25, 0.3) is 0 Å². The number of rotatable bonds is 5. The zero-order valence-electron chi connectivity index (χ0n) is 15.3. The summed E-state index contributed by atoms with van der Waals surface area (Å²) < 4.78 is 33.2. The highest BCUT2D eigenvalue weighted by Gasteiger charge is 2.32. The average molecular weight is 438 g/mol. The number of nitrogens with zero attached hydrogens (tertiary/aromatic N) is 3. The molecule has 6 nitrogen and oxygen atoms in total. The van der Waals surface area contributed by atoms with Crippen LogP contribution in [0.4, 0.5) is 0 Å². The minimum atomic E-state index is -3.59. The van der Waals surface area contributed by atoms with Crippen LogP contribution in [0.15, 0.2) is 44.4 Å². The van der Waals surface area contributed by atoms with Gasteiger partial charge in [-0.1, -0.05) is 22.8 Å². The first kappa shape index (κ1) is 19.6. The number of aromatic nitrogens is 2. The van der Waals surface area contributed by atoms with Crippen molar-refractivity contribution in [3.05, 3.63) is 51.5 Å². The fraction of sp³-hybridized carbons (Fsp3) is 0.368. The maximum Gasteiger partial charge on any atom is 0.243 e. The molecule has 1 atom stereocenters. The van der Waals surface area contributed by atoms with Crippen LogP contribution >= 0.6 is 22.9 Å². The lowest BCUT2D eigenvalue weighted by Gasteiger charge is -2.31. The van der Waals surface area contributed by atoms with Crippen molar-refractivity contribution in [3.8, 4) is 11.4 Å². The van der Waals surface area contributed by atoms with Gasteiger partial charge in [-0.25, -0.2) is 8.42 Å². The first-order valence-electron chi connectivity index (χ1n) is 9.05. The SMILES string of the molecule is Cc1c(Cl)cccc1S(=O)(=O)N1CCC[C@H](Cc2nc(-c3ccsc3)no2)C1. The lowest BCUT2D eigenvalue weighted by Crippen LogP contribution is -2.40. The minimum absolute atomic E-state index is 0.138. The van der Waals surface area contributed by atoms with Gasteiger partial charge in [-0.15, -0.1) is 0 Å². The zero-order valence-corrected chi connectivity index (χ0v) is 17.7. The second-order valence-electron chi connectivity index (χ2n) is 6.96. The highest BCUT2D eigenvalue weighted by atomic mass is 35.5. The molecule has 0 aliphatic carbocycles. The topological polar surface area (TPSA) is 76.3 Å². The van der Waals surface area contributed by atoms with Crippen LogP contribution in [0.1, 0.15) is 24.3 Å². The molecule has 0 amide bonds. The molecule has 0 bridgehead atoms. The van der Waals surface area contributed by atoms with Crippen LogP contribution in [0, 0.1) is 12.8 Å². The van der Waals surface area contributed by atoms with Crippen LogP contribution in [0.25, 0.3) is 11.4 Å². The maximum absolute atomic E-state index is 13.1. The molecule has 28 heavy (non-hydrogen) atoms. The Morgan fingerprint density at radius 1 is 1.36 bits per heavy atom. The lowest BCUT2D eigenvalue weighted by molar-refractivity contribution is 0.247. The van der Waals surface area contributed by atoms with E-state index in [-0.39, 0.29) is 10.8 Å². The van der Waals surface area contributed by atoms with E-state index in [4.69, 9.17) is 16.1 Å². The number of halogens is 1. The fourth-order valence-corrected chi connectivity index (χ4v) is 6.18. The van der Waals surface area contributed by atoms with Crippen molar-refractivity contribution in [2.24, 2.45) is 5.92 Å². The van der Waals surface area contributed by atoms with Gasteiger partial charge in [-0.05, 0) is 54.8 Å². The third-order valence-corrected chi connectivity index (χ3v) is 8.13. The Morgan fingerprint density at radius 3 is 3.00 bits per heavy atom. The summed E-state index contributed by atoms with van der Waals surface area (Å²) in [6.45, 7) is 2.68. The van der Waals surface area contributed by atoms with Gasteiger partial charge in [0, 0.05) is 35.5 Å². The van der Waals surface area contributed by atoms with Crippen molar-refractivity contribution in [3.63, 3.8) is 0 Å². The van der Waals surface area contributed by atoms with Gasteiger partial charge in [-0.3, -0.25) is 0 Å². The van der Waals surface area contributed by atoms with Crippen LogP contribution in [0.2, 0.25) is 5.02 Å². The summed E-state index contributed by atoms with van der Waals surface area (Å²) in [4.78, 5) is 4.74. The van der Waals surface area contributed by atoms with Crippen molar-refractivity contribution in [2.75, 3.05) is 13.1 Å². The molecular weight excluding hydrogens is 418 g/mol. The van der Waals surface area contributed by atoms with E-state index in [1.165, 1.54) is 0 Å². The quantitative estimate of drug-likeness (QED) is 0.591. The van der Waals surface area contributed by atoms with Crippen molar-refractivity contribution < 1.29 is 12.9 Å². The molecular formula is C19H20ClN3O3S2. The minimum Gasteiger partial charge on any atom is -0.339 e. The summed E-state index contributed by atoms with van der Waals surface area (Å²) in [5.41, 5.74) is 1.52. The van der Waals surface area contributed by atoms with Gasteiger partial charge < -0.3 is 4.52 Å². The molecule has 1 saturated heterocycles. The zero-order chi connectivity index (χ0) is 19.7. The lowest BCUT2D eigenvalue weighted by atomic mass is 9.96. The molecule has 148 valence electrons. The molecule has 0 spiro atoms. The van der Waals surface area contributed by atoms with E-state index in [0.29, 0.717) is 41.8 Å². The Kier molecular flexibility index (Phi) is 5.55. The largest absolute Gasteiger partial charge is 0.339 e. The summed E-state index contributed by atoms with van der Waals surface area (Å²) in [7, 11) is -3.59. The van der Waals surface area contributed by atoms with Crippen molar-refractivity contribution in [2.45, 2.75) is 31.1 Å². The van der Waals surface area contributed by atoms with Crippen LogP contribution in [-0.4, -0.2) is 36.0 Å². The molecule has 0 N–H and O–H groups in total. The number of sulfonamides is 1. The van der Waals surface area contributed by atoms with Crippen LogP contribution in [0.5, 0.6) is 0 Å². The van der Waals surface area contributed by atoms with E-state index in [0.717, 1.165) is 18.4 Å². The van der Waals surface area contributed by atoms with E-state index in [9.17, 15) is 8.42 Å². The number of piperidine rings is 1. The first-order chi connectivity index (χ1) is 13.4. The number of thiophene rings is 1. The molecule has 4 rings (SSSR count). The van der Waals surface area contributed by atoms with Gasteiger partial charge in [0.2, 0.25) is 21.7 Å². The summed E-state index contributed by atoms with van der Waals surface area (Å²) >= 11 is 7.71. The maximum atomic E-state index is 13.1. The Labute approximate surface area is 173 Å². The van der Waals surface area contributed by atoms with Crippen molar-refractivity contribution in [1.29, 1.82) is 0 Å². The third-order valence-electron chi connectivity index (χ3n) is 5.03. The van der Waals surface area contributed by atoms with E-state index >= 15 is 0 Å². The summed E-state index contributed by atoms with van der Waals surface area (Å²) in [5, 5.41) is 8.43.